The Hall–Kier alpha value is -2.97. The van der Waals surface area contributed by atoms with E-state index in [0.717, 1.165) is 39.2 Å². The number of hydrogen-bond acceptors (Lipinski definition) is 5. The average Bonchev–Trinajstić information content (AvgIpc) is 3.43. The molecule has 2 heterocycles. The van der Waals surface area contributed by atoms with E-state index in [2.05, 4.69) is 9.97 Å². The molecule has 0 bridgehead atoms. The van der Waals surface area contributed by atoms with Crippen molar-refractivity contribution in [2.45, 2.75) is 12.8 Å². The van der Waals surface area contributed by atoms with Gasteiger partial charge in [-0.15, -0.1) is 22.7 Å². The molecule has 2 aromatic carbocycles. The molecule has 4 aromatic rings. The zero-order valence-corrected chi connectivity index (χ0v) is 17.1. The minimum Gasteiger partial charge on any atom is -0.487 e. The van der Waals surface area contributed by atoms with Gasteiger partial charge < -0.3 is 4.74 Å². The number of hydrogen-bond donors (Lipinski definition) is 0. The van der Waals surface area contributed by atoms with Gasteiger partial charge in [0.25, 0.3) is 0 Å². The van der Waals surface area contributed by atoms with Crippen LogP contribution < -0.4 is 4.74 Å². The summed E-state index contributed by atoms with van der Waals surface area (Å²) in [4.78, 5) is 8.75. The third-order valence-corrected chi connectivity index (χ3v) is 5.83. The van der Waals surface area contributed by atoms with E-state index in [1.165, 1.54) is 23.5 Å². The Labute approximate surface area is 179 Å². The summed E-state index contributed by atoms with van der Waals surface area (Å²) in [7, 11) is 0. The van der Waals surface area contributed by atoms with Crippen molar-refractivity contribution in [3.63, 3.8) is 0 Å². The second kappa shape index (κ2) is 8.81. The molecule has 0 aliphatic carbocycles. The maximum atomic E-state index is 12.6. The fraction of sp³-hybridized carbons (Fsp3) is 0.0909. The summed E-state index contributed by atoms with van der Waals surface area (Å²) in [6.07, 6.45) is 0.963. The van der Waals surface area contributed by atoms with Crippen LogP contribution in [-0.4, -0.2) is 9.97 Å². The van der Waals surface area contributed by atoms with Crippen molar-refractivity contribution in [2.75, 3.05) is 0 Å². The first kappa shape index (κ1) is 20.3. The first-order valence-electron chi connectivity index (χ1n) is 8.90. The van der Waals surface area contributed by atoms with Gasteiger partial charge in [0.05, 0.1) is 11.3 Å². The molecule has 0 radical (unpaired) electrons. The van der Waals surface area contributed by atoms with Crippen LogP contribution in [0.3, 0.4) is 0 Å². The molecule has 2 aromatic heterocycles. The maximum absolute atomic E-state index is 12.6. The minimum atomic E-state index is -4.33. The number of thiazole rings is 2. The molecule has 0 spiro atoms. The van der Waals surface area contributed by atoms with Crippen LogP contribution in [0.15, 0.2) is 65.5 Å². The van der Waals surface area contributed by atoms with Crippen molar-refractivity contribution in [3.05, 3.63) is 87.3 Å². The Morgan fingerprint density at radius 2 is 1.70 bits per heavy atom. The van der Waals surface area contributed by atoms with Crippen molar-refractivity contribution in [3.8, 4) is 16.3 Å². The van der Waals surface area contributed by atoms with Crippen molar-refractivity contribution < 1.29 is 17.9 Å². The van der Waals surface area contributed by atoms with Gasteiger partial charge in [0.2, 0.25) is 0 Å². The molecule has 0 saturated carbocycles. The largest absolute Gasteiger partial charge is 0.487 e. The van der Waals surface area contributed by atoms with Crippen LogP contribution in [-0.2, 0) is 12.8 Å². The lowest BCUT2D eigenvalue weighted by Gasteiger charge is -2.05. The third kappa shape index (κ3) is 5.14. The van der Waals surface area contributed by atoms with Crippen LogP contribution in [0.4, 0.5) is 13.2 Å². The van der Waals surface area contributed by atoms with Gasteiger partial charge in [-0.25, -0.2) is 9.97 Å². The van der Waals surface area contributed by atoms with Crippen LogP contribution >= 0.6 is 22.7 Å². The van der Waals surface area contributed by atoms with Gasteiger partial charge in [-0.1, -0.05) is 18.2 Å². The van der Waals surface area contributed by atoms with Gasteiger partial charge in [0, 0.05) is 22.5 Å². The van der Waals surface area contributed by atoms with Crippen molar-refractivity contribution in [1.82, 2.24) is 9.97 Å². The number of alkyl halides is 3. The smallest absolute Gasteiger partial charge is 0.416 e. The van der Waals surface area contributed by atoms with E-state index in [1.54, 1.807) is 29.7 Å². The summed E-state index contributed by atoms with van der Waals surface area (Å²) in [5.74, 6) is 0.741. The highest BCUT2D eigenvalue weighted by atomic mass is 32.1. The lowest BCUT2D eigenvalue weighted by Crippen LogP contribution is -2.03. The lowest BCUT2D eigenvalue weighted by atomic mass is 10.1. The van der Waals surface area contributed by atoms with E-state index in [9.17, 15) is 13.2 Å². The SMILES string of the molecule is FC(F)(F)c1ccc(/C=C/c2nc(COc3ccc(-c4nccs4)cc3)cs2)cc1. The summed E-state index contributed by atoms with van der Waals surface area (Å²) >= 11 is 3.03. The normalized spacial score (nSPS) is 11.8. The number of aromatic nitrogens is 2. The first-order valence-corrected chi connectivity index (χ1v) is 10.7. The van der Waals surface area contributed by atoms with Crippen LogP contribution in [0.1, 0.15) is 21.8 Å². The van der Waals surface area contributed by atoms with Crippen molar-refractivity contribution >= 4 is 34.8 Å². The Bertz CT molecular complexity index is 1120. The van der Waals surface area contributed by atoms with Crippen molar-refractivity contribution in [2.24, 2.45) is 0 Å². The quantitative estimate of drug-likeness (QED) is 0.320. The second-order valence-corrected chi connectivity index (χ2v) is 8.06. The van der Waals surface area contributed by atoms with Gasteiger partial charge in [-0.2, -0.15) is 13.2 Å². The zero-order chi connectivity index (χ0) is 21.0. The molecule has 0 unspecified atom stereocenters. The number of benzene rings is 2. The third-order valence-electron chi connectivity index (χ3n) is 4.15. The van der Waals surface area contributed by atoms with Gasteiger partial charge >= 0.3 is 6.18 Å². The number of rotatable bonds is 6. The van der Waals surface area contributed by atoms with E-state index in [-0.39, 0.29) is 0 Å². The van der Waals surface area contributed by atoms with Crippen LogP contribution in [0.5, 0.6) is 5.75 Å². The molecule has 3 nitrogen and oxygen atoms in total. The Morgan fingerprint density at radius 3 is 2.37 bits per heavy atom. The molecular weight excluding hydrogens is 429 g/mol. The standard InChI is InChI=1S/C22H15F3N2OS2/c23-22(24,25)17-6-1-15(2-7-17)3-10-20-27-18(14-30-20)13-28-19-8-4-16(5-9-19)21-26-11-12-29-21/h1-12,14H,13H2/b10-3+. The summed E-state index contributed by atoms with van der Waals surface area (Å²) in [6, 6.07) is 12.7. The van der Waals surface area contributed by atoms with E-state index in [1.807, 2.05) is 35.0 Å². The minimum absolute atomic E-state index is 0.335. The fourth-order valence-corrected chi connectivity index (χ4v) is 3.97. The van der Waals surface area contributed by atoms with Crippen LogP contribution in [0.2, 0.25) is 0 Å². The van der Waals surface area contributed by atoms with Gasteiger partial charge in [0.15, 0.2) is 0 Å². The van der Waals surface area contributed by atoms with Gasteiger partial charge in [-0.3, -0.25) is 0 Å². The van der Waals surface area contributed by atoms with Crippen molar-refractivity contribution in [1.29, 1.82) is 0 Å². The fourth-order valence-electron chi connectivity index (χ4n) is 2.63. The molecule has 0 atom stereocenters. The molecule has 8 heteroatoms. The molecule has 152 valence electrons. The Balaban J connectivity index is 1.33. The highest BCUT2D eigenvalue weighted by Crippen LogP contribution is 2.29. The summed E-state index contributed by atoms with van der Waals surface area (Å²) in [5, 5.41) is 5.56. The molecule has 30 heavy (non-hydrogen) atoms. The molecule has 4 rings (SSSR count). The monoisotopic (exact) mass is 444 g/mol. The molecule has 0 N–H and O–H groups in total. The number of halogens is 3. The molecular formula is C22H15F3N2OS2. The zero-order valence-electron chi connectivity index (χ0n) is 15.5. The predicted molar refractivity (Wildman–Crippen MR) is 114 cm³/mol. The van der Waals surface area contributed by atoms with Crippen LogP contribution in [0, 0.1) is 0 Å². The molecule has 0 aliphatic rings. The summed E-state index contributed by atoms with van der Waals surface area (Å²) in [5.41, 5.74) is 1.85. The first-order chi connectivity index (χ1) is 14.5. The molecule has 0 aliphatic heterocycles. The van der Waals surface area contributed by atoms with E-state index >= 15 is 0 Å². The average molecular weight is 445 g/mol. The van der Waals surface area contributed by atoms with Gasteiger partial charge in [-0.05, 0) is 48.0 Å². The topological polar surface area (TPSA) is 35.0 Å². The number of ether oxygens (including phenoxy) is 1. The second-order valence-electron chi connectivity index (χ2n) is 6.28. The highest BCUT2D eigenvalue weighted by molar-refractivity contribution is 7.13. The van der Waals surface area contributed by atoms with E-state index < -0.39 is 11.7 Å². The Kier molecular flexibility index (Phi) is 5.96. The molecule has 0 fully saturated rings. The maximum Gasteiger partial charge on any atom is 0.416 e. The Morgan fingerprint density at radius 1 is 0.933 bits per heavy atom. The van der Waals surface area contributed by atoms with Gasteiger partial charge in [0.1, 0.15) is 22.4 Å². The van der Waals surface area contributed by atoms with Crippen LogP contribution in [0.25, 0.3) is 22.7 Å². The highest BCUT2D eigenvalue weighted by Gasteiger charge is 2.29. The lowest BCUT2D eigenvalue weighted by molar-refractivity contribution is -0.137. The summed E-state index contributed by atoms with van der Waals surface area (Å²) in [6.45, 7) is 0.335. The number of nitrogens with zero attached hydrogens (tertiary/aromatic N) is 2. The van der Waals surface area contributed by atoms with E-state index in [4.69, 9.17) is 4.74 Å². The predicted octanol–water partition coefficient (Wildman–Crippen LogP) is 7.03. The summed E-state index contributed by atoms with van der Waals surface area (Å²) < 4.78 is 43.6. The van der Waals surface area contributed by atoms with E-state index in [0.29, 0.717) is 12.2 Å². The molecule has 0 saturated heterocycles. The molecule has 0 amide bonds.